The fraction of sp³-hybridized carbons (Fsp3) is 0.727. The lowest BCUT2D eigenvalue weighted by atomic mass is 10.2. The number of hydrogen-bond donors (Lipinski definition) is 1. The molecular weight excluding hydrogens is 193 g/mol. The summed E-state index contributed by atoms with van der Waals surface area (Å²) in [5.74, 6) is 0. The highest BCUT2D eigenvalue weighted by Gasteiger charge is 2.18. The quantitative estimate of drug-likeness (QED) is 0.825. The largest absolute Gasteiger partial charge is 0.328 e. The van der Waals surface area contributed by atoms with E-state index in [-0.39, 0.29) is 6.54 Å². The van der Waals surface area contributed by atoms with E-state index < -0.39 is 6.17 Å². The molecule has 1 saturated carbocycles. The molecule has 15 heavy (non-hydrogen) atoms. The van der Waals surface area contributed by atoms with Gasteiger partial charge in [0.2, 0.25) is 0 Å². The Balaban J connectivity index is 1.97. The summed E-state index contributed by atoms with van der Waals surface area (Å²) in [5.41, 5.74) is 6.06. The second-order valence-corrected chi connectivity index (χ2v) is 4.26. The minimum atomic E-state index is -0.961. The molecule has 0 aromatic carbocycles. The van der Waals surface area contributed by atoms with Crippen molar-refractivity contribution in [3.63, 3.8) is 0 Å². The van der Waals surface area contributed by atoms with Crippen LogP contribution in [0.5, 0.6) is 0 Å². The van der Waals surface area contributed by atoms with Gasteiger partial charge in [-0.1, -0.05) is 12.8 Å². The zero-order chi connectivity index (χ0) is 10.7. The molecule has 0 radical (unpaired) electrons. The maximum absolute atomic E-state index is 13.0. The van der Waals surface area contributed by atoms with Crippen LogP contribution >= 0.6 is 0 Å². The molecule has 1 aliphatic carbocycles. The van der Waals surface area contributed by atoms with Gasteiger partial charge in [-0.15, -0.1) is 0 Å². The Hall–Kier alpha value is -0.900. The van der Waals surface area contributed by atoms with Gasteiger partial charge in [-0.3, -0.25) is 4.68 Å². The molecule has 1 fully saturated rings. The van der Waals surface area contributed by atoms with Crippen molar-refractivity contribution in [2.24, 2.45) is 5.73 Å². The Morgan fingerprint density at radius 2 is 2.27 bits per heavy atom. The molecule has 1 aliphatic rings. The van der Waals surface area contributed by atoms with Crippen molar-refractivity contribution in [3.8, 4) is 0 Å². The summed E-state index contributed by atoms with van der Waals surface area (Å²) in [7, 11) is 0. The van der Waals surface area contributed by atoms with Gasteiger partial charge in [0.1, 0.15) is 6.17 Å². The SMILES string of the molecule is NCC(F)Cc1ccn(C2CCCC2)n1. The van der Waals surface area contributed by atoms with Gasteiger partial charge in [0, 0.05) is 19.2 Å². The molecule has 4 heteroatoms. The molecular formula is C11H18FN3. The molecule has 1 heterocycles. The highest BCUT2D eigenvalue weighted by atomic mass is 19.1. The lowest BCUT2D eigenvalue weighted by Crippen LogP contribution is -2.18. The van der Waals surface area contributed by atoms with E-state index in [0.717, 1.165) is 5.69 Å². The standard InChI is InChI=1S/C11H18FN3/c12-9(8-13)7-10-5-6-15(14-10)11-3-1-2-4-11/h5-6,9,11H,1-4,7-8,13H2. The first-order valence-electron chi connectivity index (χ1n) is 5.68. The van der Waals surface area contributed by atoms with Gasteiger partial charge >= 0.3 is 0 Å². The van der Waals surface area contributed by atoms with Crippen molar-refractivity contribution in [1.82, 2.24) is 9.78 Å². The molecule has 1 unspecified atom stereocenters. The normalized spacial score (nSPS) is 19.6. The fourth-order valence-electron chi connectivity index (χ4n) is 2.17. The second-order valence-electron chi connectivity index (χ2n) is 4.26. The number of halogens is 1. The van der Waals surface area contributed by atoms with E-state index in [2.05, 4.69) is 5.10 Å². The molecule has 1 atom stereocenters. The number of rotatable bonds is 4. The summed E-state index contributed by atoms with van der Waals surface area (Å²) in [4.78, 5) is 0. The number of nitrogens with two attached hydrogens (primary N) is 1. The Bertz CT molecular complexity index is 305. The third-order valence-electron chi connectivity index (χ3n) is 3.05. The van der Waals surface area contributed by atoms with Gasteiger partial charge in [-0.2, -0.15) is 5.10 Å². The first-order valence-corrected chi connectivity index (χ1v) is 5.68. The van der Waals surface area contributed by atoms with Crippen LogP contribution in [0, 0.1) is 0 Å². The smallest absolute Gasteiger partial charge is 0.118 e. The van der Waals surface area contributed by atoms with Crippen molar-refractivity contribution >= 4 is 0 Å². The molecule has 0 bridgehead atoms. The number of hydrogen-bond acceptors (Lipinski definition) is 2. The summed E-state index contributed by atoms with van der Waals surface area (Å²) in [6, 6.07) is 2.44. The molecule has 0 spiro atoms. The van der Waals surface area contributed by atoms with E-state index in [1.54, 1.807) is 0 Å². The average molecular weight is 211 g/mol. The second kappa shape index (κ2) is 4.75. The van der Waals surface area contributed by atoms with Crippen LogP contribution in [0.25, 0.3) is 0 Å². The minimum absolute atomic E-state index is 0.0797. The van der Waals surface area contributed by atoms with E-state index in [9.17, 15) is 4.39 Å². The third-order valence-corrected chi connectivity index (χ3v) is 3.05. The van der Waals surface area contributed by atoms with Gasteiger partial charge in [-0.25, -0.2) is 4.39 Å². The molecule has 84 valence electrons. The van der Waals surface area contributed by atoms with Crippen LogP contribution in [0.15, 0.2) is 12.3 Å². The molecule has 2 rings (SSSR count). The molecule has 1 aromatic heterocycles. The van der Waals surface area contributed by atoms with E-state index in [0.29, 0.717) is 12.5 Å². The first kappa shape index (κ1) is 10.6. The Morgan fingerprint density at radius 1 is 1.53 bits per heavy atom. The lowest BCUT2D eigenvalue weighted by molar-refractivity contribution is 0.335. The van der Waals surface area contributed by atoms with E-state index in [1.165, 1.54) is 25.7 Å². The van der Waals surface area contributed by atoms with Gasteiger partial charge in [0.05, 0.1) is 11.7 Å². The van der Waals surface area contributed by atoms with Crippen LogP contribution in [0.4, 0.5) is 4.39 Å². The number of aromatic nitrogens is 2. The molecule has 1 aromatic rings. The van der Waals surface area contributed by atoms with Gasteiger partial charge in [0.25, 0.3) is 0 Å². The third kappa shape index (κ3) is 2.56. The Labute approximate surface area is 89.5 Å². The minimum Gasteiger partial charge on any atom is -0.328 e. The zero-order valence-corrected chi connectivity index (χ0v) is 8.90. The summed E-state index contributed by atoms with van der Waals surface area (Å²) in [6.07, 6.45) is 6.33. The van der Waals surface area contributed by atoms with Gasteiger partial charge in [-0.05, 0) is 18.9 Å². The molecule has 0 saturated heterocycles. The topological polar surface area (TPSA) is 43.8 Å². The van der Waals surface area contributed by atoms with E-state index in [4.69, 9.17) is 5.73 Å². The molecule has 0 aliphatic heterocycles. The monoisotopic (exact) mass is 211 g/mol. The first-order chi connectivity index (χ1) is 7.29. The molecule has 0 amide bonds. The maximum Gasteiger partial charge on any atom is 0.118 e. The highest BCUT2D eigenvalue weighted by molar-refractivity contribution is 5.02. The van der Waals surface area contributed by atoms with Gasteiger partial charge in [0.15, 0.2) is 0 Å². The van der Waals surface area contributed by atoms with E-state index >= 15 is 0 Å². The summed E-state index contributed by atoms with van der Waals surface area (Å²) in [5, 5.41) is 4.40. The van der Waals surface area contributed by atoms with E-state index in [1.807, 2.05) is 16.9 Å². The van der Waals surface area contributed by atoms with Crippen molar-refractivity contribution < 1.29 is 4.39 Å². The molecule has 3 nitrogen and oxygen atoms in total. The highest BCUT2D eigenvalue weighted by Crippen LogP contribution is 2.28. The van der Waals surface area contributed by atoms with Gasteiger partial charge < -0.3 is 5.73 Å². The maximum atomic E-state index is 13.0. The predicted molar refractivity (Wildman–Crippen MR) is 57.4 cm³/mol. The van der Waals surface area contributed by atoms with Crippen LogP contribution in [-0.2, 0) is 6.42 Å². The van der Waals surface area contributed by atoms with Crippen LogP contribution in [-0.4, -0.2) is 22.5 Å². The Kier molecular flexibility index (Phi) is 3.36. The fourth-order valence-corrected chi connectivity index (χ4v) is 2.17. The molecule has 2 N–H and O–H groups in total. The van der Waals surface area contributed by atoms with Crippen molar-refractivity contribution in [1.29, 1.82) is 0 Å². The number of alkyl halides is 1. The predicted octanol–water partition coefficient (Wildman–Crippen LogP) is 1.84. The summed E-state index contributed by atoms with van der Waals surface area (Å²) in [6.45, 7) is 0.0797. The van der Waals surface area contributed by atoms with Crippen molar-refractivity contribution in [2.45, 2.75) is 44.3 Å². The lowest BCUT2D eigenvalue weighted by Gasteiger charge is -2.09. The average Bonchev–Trinajstić information content (AvgIpc) is 2.85. The van der Waals surface area contributed by atoms with Crippen LogP contribution < -0.4 is 5.73 Å². The summed E-state index contributed by atoms with van der Waals surface area (Å²) < 4.78 is 15.0. The Morgan fingerprint density at radius 3 is 2.93 bits per heavy atom. The van der Waals surface area contributed by atoms with Crippen LogP contribution in [0.1, 0.15) is 37.4 Å². The summed E-state index contributed by atoms with van der Waals surface area (Å²) >= 11 is 0. The van der Waals surface area contributed by atoms with Crippen LogP contribution in [0.3, 0.4) is 0 Å². The zero-order valence-electron chi connectivity index (χ0n) is 8.90. The van der Waals surface area contributed by atoms with Crippen molar-refractivity contribution in [2.75, 3.05) is 6.54 Å². The van der Waals surface area contributed by atoms with Crippen LogP contribution in [0.2, 0.25) is 0 Å². The van der Waals surface area contributed by atoms with Crippen molar-refractivity contribution in [3.05, 3.63) is 18.0 Å². The number of nitrogens with zero attached hydrogens (tertiary/aromatic N) is 2.